The molecule has 0 aliphatic rings. The van der Waals surface area contributed by atoms with Gasteiger partial charge in [0.1, 0.15) is 0 Å². The van der Waals surface area contributed by atoms with Crippen LogP contribution in [-0.4, -0.2) is 17.9 Å². The third-order valence-electron chi connectivity index (χ3n) is 2.01. The van der Waals surface area contributed by atoms with Crippen LogP contribution in [0.2, 0.25) is 0 Å². The lowest BCUT2D eigenvalue weighted by atomic mass is 10.0. The summed E-state index contributed by atoms with van der Waals surface area (Å²) in [4.78, 5) is 22.4. The number of hydrogen-bond donors (Lipinski definition) is 0. The minimum absolute atomic E-state index is 0.211. The van der Waals surface area contributed by atoms with Gasteiger partial charge in [-0.3, -0.25) is 4.79 Å². The molecule has 88 valence electrons. The first kappa shape index (κ1) is 14.1. The Morgan fingerprint density at radius 2 is 1.67 bits per heavy atom. The second-order valence-electron chi connectivity index (χ2n) is 4.52. The minimum atomic E-state index is -0.686. The molecule has 0 aromatic heterocycles. The topological polar surface area (TPSA) is 43.4 Å². The summed E-state index contributed by atoms with van der Waals surface area (Å²) in [6, 6.07) is 0. The Morgan fingerprint density at radius 3 is 2.13 bits per heavy atom. The summed E-state index contributed by atoms with van der Waals surface area (Å²) in [5.74, 6) is -0.426. The molecule has 0 saturated heterocycles. The maximum atomic E-state index is 11.2. The molecule has 0 rings (SSSR count). The second kappa shape index (κ2) is 7.43. The molecule has 0 spiro atoms. The van der Waals surface area contributed by atoms with Crippen molar-refractivity contribution in [2.24, 2.45) is 5.92 Å². The van der Waals surface area contributed by atoms with Crippen molar-refractivity contribution in [3.63, 3.8) is 0 Å². The van der Waals surface area contributed by atoms with Gasteiger partial charge in [0.05, 0.1) is 6.10 Å². The van der Waals surface area contributed by atoms with Crippen LogP contribution in [0.25, 0.3) is 0 Å². The predicted octanol–water partition coefficient (Wildman–Crippen LogP) is 2.72. The smallest absolute Gasteiger partial charge is 0.374 e. The molecule has 0 atom stereocenters. The van der Waals surface area contributed by atoms with Crippen molar-refractivity contribution >= 4 is 11.8 Å². The summed E-state index contributed by atoms with van der Waals surface area (Å²) in [5, 5.41) is 0. The zero-order valence-electron chi connectivity index (χ0n) is 10.2. The third-order valence-corrected chi connectivity index (χ3v) is 2.01. The van der Waals surface area contributed by atoms with E-state index in [4.69, 9.17) is 4.74 Å². The number of carbonyl (C=O) groups excluding carboxylic acids is 2. The number of carbonyl (C=O) groups is 2. The molecular weight excluding hydrogens is 192 g/mol. The fourth-order valence-electron chi connectivity index (χ4n) is 1.22. The van der Waals surface area contributed by atoms with Crippen LogP contribution in [0.4, 0.5) is 0 Å². The molecule has 0 amide bonds. The van der Waals surface area contributed by atoms with Gasteiger partial charge in [-0.2, -0.15) is 0 Å². The van der Waals surface area contributed by atoms with Crippen LogP contribution in [-0.2, 0) is 14.3 Å². The average Bonchev–Trinajstić information content (AvgIpc) is 2.10. The highest BCUT2D eigenvalue weighted by atomic mass is 16.5. The largest absolute Gasteiger partial charge is 0.457 e. The van der Waals surface area contributed by atoms with Gasteiger partial charge >= 0.3 is 5.97 Å². The molecule has 0 saturated carbocycles. The van der Waals surface area contributed by atoms with Crippen LogP contribution in [0.5, 0.6) is 0 Å². The number of ketones is 1. The standard InChI is InChI=1S/C12H22O3/c1-9(2)7-5-6-8-11(13)12(14)15-10(3)4/h9-10H,5-8H2,1-4H3. The maximum absolute atomic E-state index is 11.2. The highest BCUT2D eigenvalue weighted by molar-refractivity contribution is 6.33. The average molecular weight is 214 g/mol. The highest BCUT2D eigenvalue weighted by Crippen LogP contribution is 2.08. The number of rotatable bonds is 7. The Hall–Kier alpha value is -0.860. The first-order valence-corrected chi connectivity index (χ1v) is 5.67. The third kappa shape index (κ3) is 8.16. The summed E-state index contributed by atoms with van der Waals surface area (Å²) in [6.07, 6.45) is 2.99. The second-order valence-corrected chi connectivity index (χ2v) is 4.52. The first-order chi connectivity index (χ1) is 6.93. The van der Waals surface area contributed by atoms with Gasteiger partial charge in [0.25, 0.3) is 0 Å². The van der Waals surface area contributed by atoms with Crippen molar-refractivity contribution in [2.45, 2.75) is 59.5 Å². The summed E-state index contributed by atoms with van der Waals surface area (Å²) in [6.45, 7) is 7.78. The van der Waals surface area contributed by atoms with Gasteiger partial charge < -0.3 is 4.74 Å². The van der Waals surface area contributed by atoms with E-state index in [0.717, 1.165) is 19.3 Å². The molecule has 0 radical (unpaired) electrons. The van der Waals surface area contributed by atoms with Crippen molar-refractivity contribution in [3.05, 3.63) is 0 Å². The van der Waals surface area contributed by atoms with Crippen LogP contribution in [0.3, 0.4) is 0 Å². The summed E-state index contributed by atoms with van der Waals surface area (Å²) < 4.78 is 4.80. The molecule has 15 heavy (non-hydrogen) atoms. The molecule has 0 unspecified atom stereocenters. The number of ether oxygens (including phenoxy) is 1. The van der Waals surface area contributed by atoms with E-state index in [0.29, 0.717) is 12.3 Å². The van der Waals surface area contributed by atoms with E-state index in [9.17, 15) is 9.59 Å². The molecule has 0 heterocycles. The number of Topliss-reactive ketones (excluding diaryl/α,β-unsaturated/α-hetero) is 1. The van der Waals surface area contributed by atoms with E-state index >= 15 is 0 Å². The van der Waals surface area contributed by atoms with Crippen molar-refractivity contribution in [3.8, 4) is 0 Å². The molecule has 0 aliphatic carbocycles. The van der Waals surface area contributed by atoms with Crippen molar-refractivity contribution in [2.75, 3.05) is 0 Å². The molecule has 3 heteroatoms. The van der Waals surface area contributed by atoms with Gasteiger partial charge in [0.2, 0.25) is 5.78 Å². The van der Waals surface area contributed by atoms with Crippen molar-refractivity contribution in [1.82, 2.24) is 0 Å². The normalized spacial score (nSPS) is 10.8. The monoisotopic (exact) mass is 214 g/mol. The Balaban J connectivity index is 3.61. The Bertz CT molecular complexity index is 207. The fourth-order valence-corrected chi connectivity index (χ4v) is 1.22. The number of esters is 1. The van der Waals surface area contributed by atoms with Crippen molar-refractivity contribution < 1.29 is 14.3 Å². The molecule has 3 nitrogen and oxygen atoms in total. The van der Waals surface area contributed by atoms with Crippen LogP contribution in [0.1, 0.15) is 53.4 Å². The minimum Gasteiger partial charge on any atom is -0.457 e. The van der Waals surface area contributed by atoms with Crippen LogP contribution >= 0.6 is 0 Å². The lowest BCUT2D eigenvalue weighted by Crippen LogP contribution is -2.20. The molecule has 0 aromatic rings. The Labute approximate surface area is 92.2 Å². The lowest BCUT2D eigenvalue weighted by molar-refractivity contribution is -0.156. The van der Waals surface area contributed by atoms with Crippen LogP contribution < -0.4 is 0 Å². The van der Waals surface area contributed by atoms with Crippen LogP contribution in [0.15, 0.2) is 0 Å². The fraction of sp³-hybridized carbons (Fsp3) is 0.833. The van der Waals surface area contributed by atoms with Gasteiger partial charge in [-0.15, -0.1) is 0 Å². The van der Waals surface area contributed by atoms with Gasteiger partial charge in [0, 0.05) is 6.42 Å². The van der Waals surface area contributed by atoms with Gasteiger partial charge in [-0.1, -0.05) is 26.7 Å². The molecule has 0 fully saturated rings. The number of hydrogen-bond acceptors (Lipinski definition) is 3. The predicted molar refractivity (Wildman–Crippen MR) is 59.5 cm³/mol. The lowest BCUT2D eigenvalue weighted by Gasteiger charge is -2.07. The van der Waals surface area contributed by atoms with E-state index in [1.807, 2.05) is 0 Å². The van der Waals surface area contributed by atoms with E-state index in [1.54, 1.807) is 13.8 Å². The quantitative estimate of drug-likeness (QED) is 0.372. The Morgan fingerprint density at radius 1 is 1.07 bits per heavy atom. The molecule has 0 N–H and O–H groups in total. The maximum Gasteiger partial charge on any atom is 0.374 e. The van der Waals surface area contributed by atoms with Gasteiger partial charge in [-0.05, 0) is 26.2 Å². The molecular formula is C12H22O3. The molecule has 0 aromatic carbocycles. The van der Waals surface area contributed by atoms with Gasteiger partial charge in [-0.25, -0.2) is 4.79 Å². The SMILES string of the molecule is CC(C)CCCCC(=O)C(=O)OC(C)C. The summed E-state index contributed by atoms with van der Waals surface area (Å²) in [7, 11) is 0. The van der Waals surface area contributed by atoms with E-state index in [2.05, 4.69) is 13.8 Å². The van der Waals surface area contributed by atoms with Gasteiger partial charge in [0.15, 0.2) is 0 Å². The van der Waals surface area contributed by atoms with E-state index < -0.39 is 11.8 Å². The van der Waals surface area contributed by atoms with Crippen molar-refractivity contribution in [1.29, 1.82) is 0 Å². The zero-order valence-corrected chi connectivity index (χ0v) is 10.2. The first-order valence-electron chi connectivity index (χ1n) is 5.67. The molecule has 0 aliphatic heterocycles. The summed E-state index contributed by atoms with van der Waals surface area (Å²) >= 11 is 0. The summed E-state index contributed by atoms with van der Waals surface area (Å²) in [5.41, 5.74) is 0. The molecule has 0 bridgehead atoms. The van der Waals surface area contributed by atoms with E-state index in [-0.39, 0.29) is 6.10 Å². The number of unbranched alkanes of at least 4 members (excludes halogenated alkanes) is 1. The van der Waals surface area contributed by atoms with E-state index in [1.165, 1.54) is 0 Å². The van der Waals surface area contributed by atoms with Crippen LogP contribution in [0, 0.1) is 5.92 Å². The Kier molecular flexibility index (Phi) is 7.01. The highest BCUT2D eigenvalue weighted by Gasteiger charge is 2.15. The zero-order chi connectivity index (χ0) is 11.8.